The Labute approximate surface area is 221 Å². The van der Waals surface area contributed by atoms with Gasteiger partial charge in [-0.05, 0) is 85.6 Å². The van der Waals surface area contributed by atoms with Crippen molar-refractivity contribution in [3.8, 4) is 46.0 Å². The van der Waals surface area contributed by atoms with E-state index in [0.29, 0.717) is 11.1 Å². The first-order valence-electron chi connectivity index (χ1n) is 12.5. The number of aromatic nitrogens is 2. The van der Waals surface area contributed by atoms with E-state index in [4.69, 9.17) is 0 Å². The minimum atomic E-state index is 0.638. The Bertz CT molecular complexity index is 1710. The van der Waals surface area contributed by atoms with Crippen LogP contribution in [0.4, 0.5) is 0 Å². The van der Waals surface area contributed by atoms with Crippen molar-refractivity contribution < 1.29 is 0 Å². The molecule has 0 saturated heterocycles. The average molecular weight is 489 g/mol. The minimum absolute atomic E-state index is 0.638. The minimum Gasteiger partial charge on any atom is -0.308 e. The van der Waals surface area contributed by atoms with Gasteiger partial charge in [0.2, 0.25) is 0 Å². The van der Waals surface area contributed by atoms with Crippen LogP contribution in [-0.2, 0) is 0 Å². The van der Waals surface area contributed by atoms with Gasteiger partial charge in [0.25, 0.3) is 0 Å². The number of benzene rings is 4. The highest BCUT2D eigenvalue weighted by molar-refractivity contribution is 5.93. The van der Waals surface area contributed by atoms with Crippen LogP contribution < -0.4 is 0 Å². The number of fused-ring (bicyclic) bond motifs is 1. The predicted molar refractivity (Wildman–Crippen MR) is 152 cm³/mol. The molecule has 0 saturated carbocycles. The van der Waals surface area contributed by atoms with Crippen molar-refractivity contribution in [1.29, 1.82) is 10.5 Å². The van der Waals surface area contributed by atoms with Gasteiger partial charge in [-0.1, -0.05) is 59.7 Å². The first-order chi connectivity index (χ1) is 18.6. The molecule has 4 heteroatoms. The van der Waals surface area contributed by atoms with Crippen LogP contribution in [0.5, 0.6) is 0 Å². The van der Waals surface area contributed by atoms with Crippen molar-refractivity contribution in [3.05, 3.63) is 131 Å². The summed E-state index contributed by atoms with van der Waals surface area (Å²) in [6.45, 7) is 4.18. The van der Waals surface area contributed by atoms with Gasteiger partial charge in [-0.2, -0.15) is 10.5 Å². The number of nitriles is 2. The van der Waals surface area contributed by atoms with Crippen LogP contribution in [0.1, 0.15) is 22.3 Å². The van der Waals surface area contributed by atoms with Gasteiger partial charge in [0.1, 0.15) is 0 Å². The van der Waals surface area contributed by atoms with E-state index in [9.17, 15) is 10.5 Å². The third-order valence-electron chi connectivity index (χ3n) is 6.98. The quantitative estimate of drug-likeness (QED) is 0.252. The Kier molecular flexibility index (Phi) is 5.64. The van der Waals surface area contributed by atoms with Gasteiger partial charge in [-0.15, -0.1) is 0 Å². The summed E-state index contributed by atoms with van der Waals surface area (Å²) in [5.74, 6) is 0. The van der Waals surface area contributed by atoms with E-state index >= 15 is 0 Å². The third kappa shape index (κ3) is 3.95. The highest BCUT2D eigenvalue weighted by atomic mass is 15.1. The average Bonchev–Trinajstić information content (AvgIpc) is 3.51. The molecule has 38 heavy (non-hydrogen) atoms. The lowest BCUT2D eigenvalue weighted by Crippen LogP contribution is -1.97. The molecule has 0 aliphatic carbocycles. The second-order valence-electron chi connectivity index (χ2n) is 9.55. The maximum absolute atomic E-state index is 9.32. The second kappa shape index (κ2) is 9.28. The molecule has 0 unspecified atom stereocenters. The van der Waals surface area contributed by atoms with E-state index in [1.165, 1.54) is 11.1 Å². The first kappa shape index (κ1) is 23.1. The van der Waals surface area contributed by atoms with E-state index in [1.807, 2.05) is 48.5 Å². The van der Waals surface area contributed by atoms with Crippen LogP contribution >= 0.6 is 0 Å². The summed E-state index contributed by atoms with van der Waals surface area (Å²) in [4.78, 5) is 0. The van der Waals surface area contributed by atoms with Crippen LogP contribution in [0.3, 0.4) is 0 Å². The maximum Gasteiger partial charge on any atom is 0.0991 e. The molecule has 4 aromatic carbocycles. The first-order valence-corrected chi connectivity index (χ1v) is 12.5. The van der Waals surface area contributed by atoms with Crippen molar-refractivity contribution in [3.63, 3.8) is 0 Å². The molecule has 0 aliphatic heterocycles. The van der Waals surface area contributed by atoms with Crippen LogP contribution in [-0.4, -0.2) is 9.13 Å². The van der Waals surface area contributed by atoms with Crippen molar-refractivity contribution in [2.45, 2.75) is 13.8 Å². The molecule has 4 nitrogen and oxygen atoms in total. The highest BCUT2D eigenvalue weighted by Crippen LogP contribution is 2.38. The summed E-state index contributed by atoms with van der Waals surface area (Å²) in [6.07, 6.45) is 0. The van der Waals surface area contributed by atoms with E-state index in [1.54, 1.807) is 0 Å². The van der Waals surface area contributed by atoms with Gasteiger partial charge in [-0.25, -0.2) is 0 Å². The zero-order valence-corrected chi connectivity index (χ0v) is 21.2. The van der Waals surface area contributed by atoms with Crippen LogP contribution in [0.15, 0.2) is 109 Å². The monoisotopic (exact) mass is 488 g/mol. The summed E-state index contributed by atoms with van der Waals surface area (Å²) in [5.41, 5.74) is 12.1. The molecule has 6 rings (SSSR count). The summed E-state index contributed by atoms with van der Waals surface area (Å²) >= 11 is 0. The molecule has 0 aliphatic rings. The lowest BCUT2D eigenvalue weighted by Gasteiger charge is -2.12. The molecule has 0 spiro atoms. The summed E-state index contributed by atoms with van der Waals surface area (Å²) in [6, 6.07) is 41.5. The SMILES string of the molecule is Cc1ccc(-n2c(-c3ccc(C#N)cc3)cc3c2cc(-c2ccc(C#N)cc2)n3-c2ccc(C)cc2)cc1. The Balaban J connectivity index is 1.68. The number of hydrogen-bond donors (Lipinski definition) is 0. The van der Waals surface area contributed by atoms with E-state index < -0.39 is 0 Å². The number of hydrogen-bond acceptors (Lipinski definition) is 2. The van der Waals surface area contributed by atoms with Gasteiger partial charge in [0, 0.05) is 11.4 Å². The largest absolute Gasteiger partial charge is 0.308 e. The fraction of sp³-hybridized carbons (Fsp3) is 0.0588. The number of rotatable bonds is 4. The second-order valence-corrected chi connectivity index (χ2v) is 9.55. The Hall–Kier alpha value is -5.32. The molecule has 6 aromatic rings. The topological polar surface area (TPSA) is 57.4 Å². The van der Waals surface area contributed by atoms with Crippen molar-refractivity contribution >= 4 is 11.0 Å². The molecule has 0 amide bonds. The van der Waals surface area contributed by atoms with Gasteiger partial charge in [-0.3, -0.25) is 0 Å². The van der Waals surface area contributed by atoms with Crippen LogP contribution in [0, 0.1) is 36.5 Å². The van der Waals surface area contributed by atoms with Gasteiger partial charge < -0.3 is 9.13 Å². The number of aryl methyl sites for hydroxylation is 2. The maximum atomic E-state index is 9.32. The zero-order valence-electron chi connectivity index (χ0n) is 21.2. The predicted octanol–water partition coefficient (Wildman–Crippen LogP) is 8.12. The highest BCUT2D eigenvalue weighted by Gasteiger charge is 2.20. The zero-order chi connectivity index (χ0) is 26.2. The molecule has 0 fully saturated rings. The van der Waals surface area contributed by atoms with E-state index in [0.717, 1.165) is 44.9 Å². The lowest BCUT2D eigenvalue weighted by molar-refractivity contribution is 1.13. The van der Waals surface area contributed by atoms with Crippen LogP contribution in [0.2, 0.25) is 0 Å². The van der Waals surface area contributed by atoms with E-state index in [2.05, 4.69) is 95.8 Å². The lowest BCUT2D eigenvalue weighted by atomic mass is 10.1. The standard InChI is InChI=1S/C34H24N4/c1-23-3-15-29(16-4-23)37-31(27-11-7-25(21-35)8-12-27)19-34-33(37)20-32(28-13-9-26(22-36)10-14-28)38(34)30-17-5-24(2)6-18-30/h3-20H,1-2H3. The molecule has 180 valence electrons. The normalized spacial score (nSPS) is 10.8. The Morgan fingerprint density at radius 2 is 0.816 bits per heavy atom. The molecule has 0 bridgehead atoms. The van der Waals surface area contributed by atoms with Crippen molar-refractivity contribution in [2.24, 2.45) is 0 Å². The summed E-state index contributed by atoms with van der Waals surface area (Å²) in [5, 5.41) is 18.6. The summed E-state index contributed by atoms with van der Waals surface area (Å²) < 4.78 is 4.57. The van der Waals surface area contributed by atoms with Crippen LogP contribution in [0.25, 0.3) is 44.9 Å². The van der Waals surface area contributed by atoms with Gasteiger partial charge in [0.15, 0.2) is 0 Å². The van der Waals surface area contributed by atoms with Gasteiger partial charge in [0.05, 0.1) is 45.7 Å². The fourth-order valence-corrected chi connectivity index (χ4v) is 4.95. The Morgan fingerprint density at radius 3 is 1.13 bits per heavy atom. The Morgan fingerprint density at radius 1 is 0.474 bits per heavy atom. The molecular formula is C34H24N4. The molecular weight excluding hydrogens is 464 g/mol. The van der Waals surface area contributed by atoms with Gasteiger partial charge >= 0.3 is 0 Å². The molecule has 0 N–H and O–H groups in total. The smallest absolute Gasteiger partial charge is 0.0991 e. The summed E-state index contributed by atoms with van der Waals surface area (Å²) in [7, 11) is 0. The number of nitrogens with zero attached hydrogens (tertiary/aromatic N) is 4. The molecule has 2 aromatic heterocycles. The van der Waals surface area contributed by atoms with E-state index in [-0.39, 0.29) is 0 Å². The molecule has 2 heterocycles. The van der Waals surface area contributed by atoms with Crippen molar-refractivity contribution in [2.75, 3.05) is 0 Å². The molecule has 0 atom stereocenters. The molecule has 0 radical (unpaired) electrons. The van der Waals surface area contributed by atoms with Crippen molar-refractivity contribution in [1.82, 2.24) is 9.13 Å². The third-order valence-corrected chi connectivity index (χ3v) is 6.98. The fourth-order valence-electron chi connectivity index (χ4n) is 4.95.